The fourth-order valence-electron chi connectivity index (χ4n) is 5.78. The lowest BCUT2D eigenvalue weighted by Crippen LogP contribution is -2.55. The number of unbranched alkanes of at least 4 members (excludes halogenated alkanes) is 2. The van der Waals surface area contributed by atoms with E-state index in [9.17, 15) is 14.3 Å². The molecule has 1 aromatic heterocycles. The van der Waals surface area contributed by atoms with Crippen LogP contribution < -0.4 is 5.32 Å². The van der Waals surface area contributed by atoms with Gasteiger partial charge in [-0.1, -0.05) is 18.6 Å². The number of nitrogens with one attached hydrogen (secondary N) is 1. The second-order valence-corrected chi connectivity index (χ2v) is 10.5. The topological polar surface area (TPSA) is 83.9 Å². The molecular formula is C29H38FN3O4. The smallest absolute Gasteiger partial charge is 0.325 e. The summed E-state index contributed by atoms with van der Waals surface area (Å²) < 4.78 is 25.7. The molecule has 2 N–H and O–H groups in total. The molecule has 200 valence electrons. The van der Waals surface area contributed by atoms with Gasteiger partial charge in [0.15, 0.2) is 0 Å². The number of rotatable bonds is 11. The van der Waals surface area contributed by atoms with Crippen molar-refractivity contribution in [2.75, 3.05) is 44.8 Å². The first-order chi connectivity index (χ1) is 18.1. The van der Waals surface area contributed by atoms with Crippen molar-refractivity contribution in [1.29, 1.82) is 0 Å². The van der Waals surface area contributed by atoms with Crippen molar-refractivity contribution in [2.24, 2.45) is 0 Å². The van der Waals surface area contributed by atoms with Crippen LogP contribution in [-0.2, 0) is 27.1 Å². The van der Waals surface area contributed by atoms with Gasteiger partial charge in [0.2, 0.25) is 0 Å². The van der Waals surface area contributed by atoms with Gasteiger partial charge in [-0.15, -0.1) is 0 Å². The highest BCUT2D eigenvalue weighted by Gasteiger charge is 2.39. The summed E-state index contributed by atoms with van der Waals surface area (Å²) >= 11 is 0. The van der Waals surface area contributed by atoms with E-state index >= 15 is 0 Å². The highest BCUT2D eigenvalue weighted by atomic mass is 19.1. The van der Waals surface area contributed by atoms with Gasteiger partial charge in [0.05, 0.1) is 6.10 Å². The molecule has 1 unspecified atom stereocenters. The first kappa shape index (κ1) is 26.1. The standard InChI is InChI=1S/C29H38FN3O4/c30-22-8-10-25(20-11-15-36-16-12-20)26(17-22)27(29(34)35)33-18-24(19-33)37-14-3-1-2-6-23-9-7-21-5-4-13-31-28(21)32-23/h7-10,17,20,24,27H,1-6,11-16,18-19H2,(H,31,32)(H,34,35). The monoisotopic (exact) mass is 511 g/mol. The Balaban J connectivity index is 1.06. The van der Waals surface area contributed by atoms with Gasteiger partial charge in [0.25, 0.3) is 0 Å². The molecule has 0 aliphatic carbocycles. The average molecular weight is 512 g/mol. The summed E-state index contributed by atoms with van der Waals surface area (Å²) in [7, 11) is 0. The maximum absolute atomic E-state index is 14.2. The Kier molecular flexibility index (Phi) is 8.69. The molecule has 3 aliphatic rings. The van der Waals surface area contributed by atoms with E-state index in [-0.39, 0.29) is 12.0 Å². The van der Waals surface area contributed by atoms with Crippen LogP contribution in [0.25, 0.3) is 0 Å². The molecule has 5 rings (SSSR count). The van der Waals surface area contributed by atoms with Gasteiger partial charge in [-0.05, 0) is 85.8 Å². The molecule has 8 heteroatoms. The molecule has 0 spiro atoms. The number of likely N-dealkylation sites (tertiary alicyclic amines) is 1. The van der Waals surface area contributed by atoms with E-state index in [4.69, 9.17) is 14.5 Å². The number of anilines is 1. The first-order valence-corrected chi connectivity index (χ1v) is 13.8. The van der Waals surface area contributed by atoms with Crippen LogP contribution in [0, 0.1) is 5.82 Å². The Morgan fingerprint density at radius 2 is 2.03 bits per heavy atom. The summed E-state index contributed by atoms with van der Waals surface area (Å²) in [5.74, 6) is -0.0812. The van der Waals surface area contributed by atoms with Crippen LogP contribution in [0.4, 0.5) is 10.2 Å². The van der Waals surface area contributed by atoms with Gasteiger partial charge < -0.3 is 19.9 Å². The third-order valence-corrected chi connectivity index (χ3v) is 7.86. The van der Waals surface area contributed by atoms with E-state index in [1.165, 1.54) is 24.1 Å². The molecule has 0 saturated carbocycles. The number of aryl methyl sites for hydroxylation is 2. The average Bonchev–Trinajstić information content (AvgIpc) is 2.89. The fourth-order valence-corrected chi connectivity index (χ4v) is 5.78. The van der Waals surface area contributed by atoms with Gasteiger partial charge >= 0.3 is 5.97 Å². The van der Waals surface area contributed by atoms with Crippen molar-refractivity contribution >= 4 is 11.8 Å². The largest absolute Gasteiger partial charge is 0.480 e. The Morgan fingerprint density at radius 1 is 1.19 bits per heavy atom. The molecule has 4 heterocycles. The highest BCUT2D eigenvalue weighted by Crippen LogP contribution is 2.37. The molecule has 1 aromatic carbocycles. The number of hydrogen-bond acceptors (Lipinski definition) is 6. The number of pyridine rings is 1. The van der Waals surface area contributed by atoms with Crippen molar-refractivity contribution in [3.05, 3.63) is 58.5 Å². The number of carboxylic acid groups (broad SMARTS) is 1. The number of halogens is 1. The zero-order valence-corrected chi connectivity index (χ0v) is 21.5. The third kappa shape index (κ3) is 6.48. The van der Waals surface area contributed by atoms with Gasteiger partial charge in [0.1, 0.15) is 17.7 Å². The van der Waals surface area contributed by atoms with Crippen molar-refractivity contribution in [2.45, 2.75) is 69.4 Å². The number of carboxylic acids is 1. The minimum atomic E-state index is -0.941. The zero-order valence-electron chi connectivity index (χ0n) is 21.5. The second-order valence-electron chi connectivity index (χ2n) is 10.5. The normalized spacial score (nSPS) is 19.6. The number of carbonyl (C=O) groups is 1. The first-order valence-electron chi connectivity index (χ1n) is 13.8. The number of aromatic nitrogens is 1. The van der Waals surface area contributed by atoms with Crippen LogP contribution in [0.15, 0.2) is 30.3 Å². The van der Waals surface area contributed by atoms with E-state index in [0.717, 1.165) is 68.6 Å². The van der Waals surface area contributed by atoms with E-state index in [1.54, 1.807) is 6.07 Å². The number of aliphatic carboxylic acids is 1. The molecule has 1 atom stereocenters. The summed E-state index contributed by atoms with van der Waals surface area (Å²) in [5, 5.41) is 13.5. The van der Waals surface area contributed by atoms with Gasteiger partial charge in [-0.2, -0.15) is 0 Å². The highest BCUT2D eigenvalue weighted by molar-refractivity contribution is 5.76. The molecule has 37 heavy (non-hydrogen) atoms. The molecule has 0 bridgehead atoms. The van der Waals surface area contributed by atoms with Gasteiger partial charge in [-0.25, -0.2) is 9.37 Å². The van der Waals surface area contributed by atoms with Crippen LogP contribution in [0.3, 0.4) is 0 Å². The second kappa shape index (κ2) is 12.3. The zero-order chi connectivity index (χ0) is 25.6. The Bertz CT molecular complexity index is 1070. The summed E-state index contributed by atoms with van der Waals surface area (Å²) in [5.41, 5.74) is 3.97. The minimum absolute atomic E-state index is 0.0235. The predicted molar refractivity (Wildman–Crippen MR) is 139 cm³/mol. The molecule has 2 aromatic rings. The maximum Gasteiger partial charge on any atom is 0.325 e. The number of hydrogen-bond donors (Lipinski definition) is 2. The van der Waals surface area contributed by atoms with E-state index < -0.39 is 17.8 Å². The Labute approximate surface area is 218 Å². The molecule has 0 radical (unpaired) electrons. The fraction of sp³-hybridized carbons (Fsp3) is 0.586. The third-order valence-electron chi connectivity index (χ3n) is 7.86. The van der Waals surface area contributed by atoms with Crippen LogP contribution in [0.5, 0.6) is 0 Å². The summed E-state index contributed by atoms with van der Waals surface area (Å²) in [6.45, 7) is 4.08. The Morgan fingerprint density at radius 3 is 2.84 bits per heavy atom. The quantitative estimate of drug-likeness (QED) is 0.423. The van der Waals surface area contributed by atoms with Gasteiger partial charge in [-0.3, -0.25) is 9.69 Å². The molecule has 7 nitrogen and oxygen atoms in total. The molecular weight excluding hydrogens is 473 g/mol. The van der Waals surface area contributed by atoms with Crippen molar-refractivity contribution in [1.82, 2.24) is 9.88 Å². The van der Waals surface area contributed by atoms with E-state index in [1.807, 2.05) is 4.90 Å². The summed E-state index contributed by atoms with van der Waals surface area (Å²) in [4.78, 5) is 18.9. The van der Waals surface area contributed by atoms with Gasteiger partial charge in [0, 0.05) is 45.1 Å². The van der Waals surface area contributed by atoms with Crippen LogP contribution in [0.2, 0.25) is 0 Å². The Hall–Kier alpha value is -2.55. The van der Waals surface area contributed by atoms with Crippen LogP contribution in [-0.4, -0.2) is 66.5 Å². The van der Waals surface area contributed by atoms with Crippen molar-refractivity contribution in [3.8, 4) is 0 Å². The van der Waals surface area contributed by atoms with E-state index in [0.29, 0.717) is 38.5 Å². The lowest BCUT2D eigenvalue weighted by atomic mass is 9.84. The molecule has 0 amide bonds. The number of ether oxygens (including phenoxy) is 2. The number of benzene rings is 1. The lowest BCUT2D eigenvalue weighted by Gasteiger charge is -2.43. The number of nitrogens with zero attached hydrogens (tertiary/aromatic N) is 2. The summed E-state index contributed by atoms with van der Waals surface area (Å²) in [6.07, 6.45) is 8.04. The predicted octanol–water partition coefficient (Wildman–Crippen LogP) is 4.71. The number of fused-ring (bicyclic) bond motifs is 1. The van der Waals surface area contributed by atoms with E-state index in [2.05, 4.69) is 17.4 Å². The summed E-state index contributed by atoms with van der Waals surface area (Å²) in [6, 6.07) is 8.11. The maximum atomic E-state index is 14.2. The minimum Gasteiger partial charge on any atom is -0.480 e. The molecule has 3 aliphatic heterocycles. The van der Waals surface area contributed by atoms with Crippen molar-refractivity contribution in [3.63, 3.8) is 0 Å². The van der Waals surface area contributed by atoms with Crippen LogP contribution in [0.1, 0.15) is 72.9 Å². The molecule has 2 fully saturated rings. The SMILES string of the molecule is O=C(O)C(c1cc(F)ccc1C1CCOCC1)N1CC(OCCCCCc2ccc3c(n2)NCCC3)C1. The van der Waals surface area contributed by atoms with Crippen molar-refractivity contribution < 1.29 is 23.8 Å². The van der Waals surface area contributed by atoms with Crippen LogP contribution >= 0.6 is 0 Å². The lowest BCUT2D eigenvalue weighted by molar-refractivity contribution is -0.151. The molecule has 2 saturated heterocycles.